The van der Waals surface area contributed by atoms with Crippen LogP contribution in [0.25, 0.3) is 11.0 Å². The first kappa shape index (κ1) is 18.6. The molecule has 0 bridgehead atoms. The average molecular weight is 398 g/mol. The molecule has 1 aromatic heterocycles. The number of fused-ring (bicyclic) bond motifs is 1. The first-order valence-electron chi connectivity index (χ1n) is 9.32. The van der Waals surface area contributed by atoms with E-state index in [1.165, 1.54) is 10.4 Å². The van der Waals surface area contributed by atoms with E-state index in [1.807, 2.05) is 24.3 Å². The molecular formula is C20H22N4O3S. The third kappa shape index (κ3) is 3.53. The maximum atomic E-state index is 13.0. The molecule has 0 radical (unpaired) electrons. The van der Waals surface area contributed by atoms with Crippen LogP contribution in [0.4, 0.5) is 5.69 Å². The lowest BCUT2D eigenvalue weighted by molar-refractivity contribution is 0.101. The second-order valence-electron chi connectivity index (χ2n) is 7.00. The molecule has 2 heterocycles. The number of sulfonamides is 1. The standard InChI is InChI=1S/C20H22N4O3S/c1-14-9-10-15(13-18(14)28(26,27)24-11-5-2-6-12-24)21-20(25)19-22-16-7-3-4-8-17(16)23-19/h3-4,7-10,13H,2,5-6,11-12H2,1H3,(H,21,25)(H,22,23). The lowest BCUT2D eigenvalue weighted by Crippen LogP contribution is -2.36. The number of hydrogen-bond acceptors (Lipinski definition) is 4. The van der Waals surface area contributed by atoms with Crippen molar-refractivity contribution in [1.29, 1.82) is 0 Å². The highest BCUT2D eigenvalue weighted by molar-refractivity contribution is 7.89. The van der Waals surface area contributed by atoms with Crippen LogP contribution in [0.2, 0.25) is 0 Å². The minimum atomic E-state index is -3.58. The highest BCUT2D eigenvalue weighted by atomic mass is 32.2. The molecule has 28 heavy (non-hydrogen) atoms. The van der Waals surface area contributed by atoms with E-state index in [1.54, 1.807) is 19.1 Å². The minimum Gasteiger partial charge on any atom is -0.334 e. The number of amides is 1. The van der Waals surface area contributed by atoms with Crippen LogP contribution in [-0.2, 0) is 10.0 Å². The number of H-pyrrole nitrogens is 1. The van der Waals surface area contributed by atoms with Crippen LogP contribution < -0.4 is 5.32 Å². The van der Waals surface area contributed by atoms with Gasteiger partial charge in [-0.1, -0.05) is 24.6 Å². The number of nitrogens with one attached hydrogen (secondary N) is 2. The molecule has 1 fully saturated rings. The van der Waals surface area contributed by atoms with Crippen molar-refractivity contribution < 1.29 is 13.2 Å². The molecular weight excluding hydrogens is 376 g/mol. The molecule has 0 atom stereocenters. The number of carbonyl (C=O) groups is 1. The van der Waals surface area contributed by atoms with Crippen molar-refractivity contribution in [3.05, 3.63) is 53.9 Å². The van der Waals surface area contributed by atoms with Crippen molar-refractivity contribution in [3.63, 3.8) is 0 Å². The summed E-state index contributed by atoms with van der Waals surface area (Å²) in [6.45, 7) is 2.84. The SMILES string of the molecule is Cc1ccc(NC(=O)c2nc3ccccc3[nH]2)cc1S(=O)(=O)N1CCCCC1. The van der Waals surface area contributed by atoms with Gasteiger partial charge in [-0.2, -0.15) is 4.31 Å². The molecule has 0 aliphatic carbocycles. The van der Waals surface area contributed by atoms with Gasteiger partial charge in [0.25, 0.3) is 5.91 Å². The monoisotopic (exact) mass is 398 g/mol. The van der Waals surface area contributed by atoms with E-state index < -0.39 is 15.9 Å². The number of benzene rings is 2. The molecule has 8 heteroatoms. The summed E-state index contributed by atoms with van der Waals surface area (Å²) >= 11 is 0. The van der Waals surface area contributed by atoms with E-state index in [9.17, 15) is 13.2 Å². The van der Waals surface area contributed by atoms with Crippen molar-refractivity contribution in [2.45, 2.75) is 31.1 Å². The number of nitrogens with zero attached hydrogens (tertiary/aromatic N) is 2. The van der Waals surface area contributed by atoms with Gasteiger partial charge in [-0.3, -0.25) is 4.79 Å². The zero-order valence-electron chi connectivity index (χ0n) is 15.6. The van der Waals surface area contributed by atoms with E-state index in [-0.39, 0.29) is 10.7 Å². The van der Waals surface area contributed by atoms with Crippen molar-refractivity contribution in [1.82, 2.24) is 14.3 Å². The smallest absolute Gasteiger partial charge is 0.291 e. The van der Waals surface area contributed by atoms with Gasteiger partial charge in [-0.05, 0) is 49.6 Å². The minimum absolute atomic E-state index is 0.183. The number of imidazole rings is 1. The molecule has 0 spiro atoms. The predicted octanol–water partition coefficient (Wildman–Crippen LogP) is 3.30. The topological polar surface area (TPSA) is 95.2 Å². The lowest BCUT2D eigenvalue weighted by Gasteiger charge is -2.26. The summed E-state index contributed by atoms with van der Waals surface area (Å²) in [7, 11) is -3.58. The van der Waals surface area contributed by atoms with Crippen LogP contribution in [0.15, 0.2) is 47.4 Å². The third-order valence-corrected chi connectivity index (χ3v) is 7.02. The summed E-state index contributed by atoms with van der Waals surface area (Å²) in [6.07, 6.45) is 2.81. The van der Waals surface area contributed by atoms with Crippen molar-refractivity contribution in [2.75, 3.05) is 18.4 Å². The predicted molar refractivity (Wildman–Crippen MR) is 108 cm³/mol. The van der Waals surface area contributed by atoms with Crippen molar-refractivity contribution in [3.8, 4) is 0 Å². The van der Waals surface area contributed by atoms with Gasteiger partial charge in [-0.15, -0.1) is 0 Å². The summed E-state index contributed by atoms with van der Waals surface area (Å²) in [5, 5.41) is 2.75. The van der Waals surface area contributed by atoms with Crippen LogP contribution in [0.1, 0.15) is 35.4 Å². The Labute approximate surface area is 163 Å². The molecule has 2 aromatic carbocycles. The Morgan fingerprint density at radius 3 is 2.61 bits per heavy atom. The van der Waals surface area contributed by atoms with Crippen LogP contribution in [0, 0.1) is 6.92 Å². The van der Waals surface area contributed by atoms with E-state index in [2.05, 4.69) is 15.3 Å². The highest BCUT2D eigenvalue weighted by Gasteiger charge is 2.27. The van der Waals surface area contributed by atoms with Gasteiger partial charge in [0.2, 0.25) is 10.0 Å². The second-order valence-corrected chi connectivity index (χ2v) is 8.91. The van der Waals surface area contributed by atoms with Gasteiger partial charge < -0.3 is 10.3 Å². The Kier molecular flexibility index (Phi) is 4.91. The van der Waals surface area contributed by atoms with E-state index in [0.717, 1.165) is 24.8 Å². The van der Waals surface area contributed by atoms with Gasteiger partial charge in [0.15, 0.2) is 5.82 Å². The van der Waals surface area contributed by atoms with Gasteiger partial charge >= 0.3 is 0 Å². The Morgan fingerprint density at radius 2 is 1.86 bits per heavy atom. The first-order valence-corrected chi connectivity index (χ1v) is 10.8. The molecule has 3 aromatic rings. The number of rotatable bonds is 4. The molecule has 7 nitrogen and oxygen atoms in total. The third-order valence-electron chi connectivity index (χ3n) is 4.98. The Hall–Kier alpha value is -2.71. The number of hydrogen-bond donors (Lipinski definition) is 2. The highest BCUT2D eigenvalue weighted by Crippen LogP contribution is 2.26. The zero-order valence-corrected chi connectivity index (χ0v) is 16.4. The number of aromatic nitrogens is 2. The van der Waals surface area contributed by atoms with Crippen LogP contribution >= 0.6 is 0 Å². The van der Waals surface area contributed by atoms with Crippen molar-refractivity contribution in [2.24, 2.45) is 0 Å². The molecule has 0 saturated carbocycles. The number of para-hydroxylation sites is 2. The lowest BCUT2D eigenvalue weighted by atomic mass is 10.2. The quantitative estimate of drug-likeness (QED) is 0.705. The van der Waals surface area contributed by atoms with E-state index in [4.69, 9.17) is 0 Å². The largest absolute Gasteiger partial charge is 0.334 e. The normalized spacial score (nSPS) is 15.6. The average Bonchev–Trinajstić information content (AvgIpc) is 3.14. The number of piperidine rings is 1. The van der Waals surface area contributed by atoms with Crippen molar-refractivity contribution >= 4 is 32.7 Å². The van der Waals surface area contributed by atoms with E-state index >= 15 is 0 Å². The number of carbonyl (C=O) groups excluding carboxylic acids is 1. The van der Waals surface area contributed by atoms with Crippen LogP contribution in [0.3, 0.4) is 0 Å². The maximum absolute atomic E-state index is 13.0. The summed E-state index contributed by atoms with van der Waals surface area (Å²) < 4.78 is 27.6. The zero-order chi connectivity index (χ0) is 19.7. The fourth-order valence-electron chi connectivity index (χ4n) is 3.45. The molecule has 4 rings (SSSR count). The molecule has 146 valence electrons. The van der Waals surface area contributed by atoms with E-state index in [0.29, 0.717) is 29.9 Å². The number of aryl methyl sites for hydroxylation is 1. The molecule has 1 amide bonds. The maximum Gasteiger partial charge on any atom is 0.291 e. The molecule has 1 aliphatic rings. The summed E-state index contributed by atoms with van der Waals surface area (Å²) in [6, 6.07) is 12.3. The molecule has 1 aliphatic heterocycles. The summed E-state index contributed by atoms with van der Waals surface area (Å²) in [5.74, 6) is -0.233. The Morgan fingerprint density at radius 1 is 1.11 bits per heavy atom. The summed E-state index contributed by atoms with van der Waals surface area (Å²) in [5.41, 5.74) is 2.55. The summed E-state index contributed by atoms with van der Waals surface area (Å²) in [4.78, 5) is 20.1. The van der Waals surface area contributed by atoms with Gasteiger partial charge in [0, 0.05) is 18.8 Å². The van der Waals surface area contributed by atoms with Gasteiger partial charge in [0.1, 0.15) is 0 Å². The fourth-order valence-corrected chi connectivity index (χ4v) is 5.22. The number of anilines is 1. The Balaban J connectivity index is 1.60. The fraction of sp³-hybridized carbons (Fsp3) is 0.300. The first-order chi connectivity index (χ1) is 13.4. The molecule has 1 saturated heterocycles. The van der Waals surface area contributed by atoms with Crippen LogP contribution in [-0.4, -0.2) is 41.7 Å². The van der Waals surface area contributed by atoms with Crippen LogP contribution in [0.5, 0.6) is 0 Å². The molecule has 0 unspecified atom stereocenters. The second kappa shape index (κ2) is 7.37. The molecule has 2 N–H and O–H groups in total. The van der Waals surface area contributed by atoms with Gasteiger partial charge in [-0.25, -0.2) is 13.4 Å². The Bertz CT molecular complexity index is 1100. The number of aromatic amines is 1. The van der Waals surface area contributed by atoms with Gasteiger partial charge in [0.05, 0.1) is 15.9 Å².